The van der Waals surface area contributed by atoms with Gasteiger partial charge in [0.25, 0.3) is 5.91 Å². The fraction of sp³-hybridized carbons (Fsp3) is 0.364. The number of carbonyl (C=O) groups excluding carboxylic acids is 1. The van der Waals surface area contributed by atoms with Gasteiger partial charge >= 0.3 is 0 Å². The highest BCUT2D eigenvalue weighted by Gasteiger charge is 2.35. The summed E-state index contributed by atoms with van der Waals surface area (Å²) in [5.74, 6) is -1.99. The monoisotopic (exact) mass is 289 g/mol. The minimum absolute atomic E-state index is 0.0509. The molecule has 1 N–H and O–H groups in total. The third-order valence-corrected chi connectivity index (χ3v) is 3.12. The Hall–Kier alpha value is -0.970. The number of benzene rings is 1. The van der Waals surface area contributed by atoms with Crippen molar-refractivity contribution in [1.82, 2.24) is 5.32 Å². The zero-order chi connectivity index (χ0) is 11.9. The van der Waals surface area contributed by atoms with Crippen molar-refractivity contribution in [2.24, 2.45) is 5.92 Å². The van der Waals surface area contributed by atoms with Gasteiger partial charge in [0.2, 0.25) is 0 Å². The highest BCUT2D eigenvalue weighted by atomic mass is 79.9. The van der Waals surface area contributed by atoms with Crippen molar-refractivity contribution in [2.45, 2.75) is 19.4 Å². The minimum atomic E-state index is -0.849. The number of halogens is 3. The Kier molecular flexibility index (Phi) is 2.97. The van der Waals surface area contributed by atoms with Gasteiger partial charge in [-0.2, -0.15) is 0 Å². The molecule has 1 fully saturated rings. The van der Waals surface area contributed by atoms with E-state index in [1.165, 1.54) is 0 Å². The second-order valence-corrected chi connectivity index (χ2v) is 4.95. The molecule has 0 saturated heterocycles. The van der Waals surface area contributed by atoms with Gasteiger partial charge in [0.15, 0.2) is 0 Å². The van der Waals surface area contributed by atoms with Gasteiger partial charge in [-0.25, -0.2) is 8.78 Å². The number of amides is 1. The van der Waals surface area contributed by atoms with E-state index in [1.807, 2.05) is 6.92 Å². The van der Waals surface area contributed by atoms with Crippen LogP contribution >= 0.6 is 15.9 Å². The first-order valence-corrected chi connectivity index (χ1v) is 5.73. The maximum atomic E-state index is 13.4. The van der Waals surface area contributed by atoms with Crippen LogP contribution in [0.1, 0.15) is 23.7 Å². The van der Waals surface area contributed by atoms with Crippen LogP contribution in [0.4, 0.5) is 8.78 Å². The summed E-state index contributed by atoms with van der Waals surface area (Å²) >= 11 is 2.96. The number of carbonyl (C=O) groups is 1. The van der Waals surface area contributed by atoms with Crippen LogP contribution in [0.25, 0.3) is 0 Å². The average Bonchev–Trinajstić information content (AvgIpc) is 2.79. The van der Waals surface area contributed by atoms with Crippen molar-refractivity contribution < 1.29 is 13.6 Å². The Balaban J connectivity index is 2.22. The second kappa shape index (κ2) is 4.13. The van der Waals surface area contributed by atoms with Crippen LogP contribution in [-0.2, 0) is 0 Å². The molecule has 2 unspecified atom stereocenters. The van der Waals surface area contributed by atoms with Gasteiger partial charge in [0, 0.05) is 10.5 Å². The van der Waals surface area contributed by atoms with Crippen molar-refractivity contribution in [3.63, 3.8) is 0 Å². The van der Waals surface area contributed by atoms with Gasteiger partial charge in [0.05, 0.1) is 0 Å². The predicted octanol–water partition coefficient (Wildman–Crippen LogP) is 2.87. The van der Waals surface area contributed by atoms with Gasteiger partial charge in [-0.05, 0) is 24.5 Å². The van der Waals surface area contributed by atoms with Gasteiger partial charge in [0.1, 0.15) is 17.2 Å². The van der Waals surface area contributed by atoms with Crippen LogP contribution in [0.5, 0.6) is 0 Å². The number of hydrogen-bond acceptors (Lipinski definition) is 1. The first-order valence-electron chi connectivity index (χ1n) is 4.94. The Morgan fingerprint density at radius 2 is 1.94 bits per heavy atom. The SMILES string of the molecule is CC1CC1NC(=O)c1c(F)cc(Br)cc1F. The largest absolute Gasteiger partial charge is 0.349 e. The standard InChI is InChI=1S/C11H10BrF2NO/c1-5-2-9(5)15-11(16)10-7(13)3-6(12)4-8(10)14/h3-5,9H,2H2,1H3,(H,15,16). The van der Waals surface area contributed by atoms with Crippen molar-refractivity contribution in [2.75, 3.05) is 0 Å². The Morgan fingerprint density at radius 3 is 2.38 bits per heavy atom. The lowest BCUT2D eigenvalue weighted by molar-refractivity contribution is 0.0941. The second-order valence-electron chi connectivity index (χ2n) is 4.04. The van der Waals surface area contributed by atoms with E-state index in [9.17, 15) is 13.6 Å². The van der Waals surface area contributed by atoms with Crippen LogP contribution in [-0.4, -0.2) is 11.9 Å². The van der Waals surface area contributed by atoms with Crippen molar-refractivity contribution >= 4 is 21.8 Å². The zero-order valence-electron chi connectivity index (χ0n) is 8.56. The molecule has 0 radical (unpaired) electrons. The molecule has 1 aromatic carbocycles. The molecule has 0 bridgehead atoms. The van der Waals surface area contributed by atoms with Crippen molar-refractivity contribution in [1.29, 1.82) is 0 Å². The third kappa shape index (κ3) is 2.24. The van der Waals surface area contributed by atoms with Gasteiger partial charge in [-0.15, -0.1) is 0 Å². The zero-order valence-corrected chi connectivity index (χ0v) is 10.1. The number of hydrogen-bond donors (Lipinski definition) is 1. The molecule has 2 nitrogen and oxygen atoms in total. The Morgan fingerprint density at radius 1 is 1.44 bits per heavy atom. The van der Waals surface area contributed by atoms with Gasteiger partial charge < -0.3 is 5.32 Å². The van der Waals surface area contributed by atoms with Gasteiger partial charge in [-0.1, -0.05) is 22.9 Å². The van der Waals surface area contributed by atoms with Gasteiger partial charge in [-0.3, -0.25) is 4.79 Å². The molecule has 0 heterocycles. The summed E-state index contributed by atoms with van der Waals surface area (Å²) in [7, 11) is 0. The van der Waals surface area contributed by atoms with E-state index in [2.05, 4.69) is 21.2 Å². The Labute approximate surface area is 100 Å². The maximum Gasteiger partial charge on any atom is 0.257 e. The van der Waals surface area contributed by atoms with Crippen molar-refractivity contribution in [3.8, 4) is 0 Å². The normalized spacial score (nSPS) is 23.0. The quantitative estimate of drug-likeness (QED) is 0.891. The highest BCUT2D eigenvalue weighted by molar-refractivity contribution is 9.10. The van der Waals surface area contributed by atoms with Crippen molar-refractivity contribution in [3.05, 3.63) is 33.8 Å². The summed E-state index contributed by atoms with van der Waals surface area (Å²) in [5.41, 5.74) is -0.512. The number of nitrogens with one attached hydrogen (secondary N) is 1. The van der Waals surface area contributed by atoms with E-state index in [1.54, 1.807) is 0 Å². The molecule has 16 heavy (non-hydrogen) atoms. The molecule has 2 atom stereocenters. The highest BCUT2D eigenvalue weighted by Crippen LogP contribution is 2.29. The molecule has 1 saturated carbocycles. The summed E-state index contributed by atoms with van der Waals surface area (Å²) in [6, 6.07) is 2.21. The molecule has 2 rings (SSSR count). The fourth-order valence-electron chi connectivity index (χ4n) is 1.52. The first kappa shape index (κ1) is 11.5. The molecule has 0 aromatic heterocycles. The molecular formula is C11H10BrF2NO. The van der Waals surface area contributed by atoms with E-state index >= 15 is 0 Å². The molecular weight excluding hydrogens is 280 g/mol. The molecule has 1 aromatic rings. The third-order valence-electron chi connectivity index (χ3n) is 2.66. The molecule has 86 valence electrons. The van der Waals surface area contributed by atoms with Crippen LogP contribution in [0, 0.1) is 17.6 Å². The molecule has 0 spiro atoms. The minimum Gasteiger partial charge on any atom is -0.349 e. The lowest BCUT2D eigenvalue weighted by Gasteiger charge is -2.06. The van der Waals surface area contributed by atoms with E-state index in [4.69, 9.17) is 0 Å². The summed E-state index contributed by atoms with van der Waals surface area (Å²) in [4.78, 5) is 11.6. The van der Waals surface area contributed by atoms with E-state index in [0.717, 1.165) is 18.6 Å². The summed E-state index contributed by atoms with van der Waals surface area (Å²) in [5, 5.41) is 2.59. The Bertz CT molecular complexity index is 427. The first-order chi connectivity index (χ1) is 7.49. The van der Waals surface area contributed by atoms with Crippen LogP contribution in [0.15, 0.2) is 16.6 Å². The molecule has 1 aliphatic carbocycles. The fourth-order valence-corrected chi connectivity index (χ4v) is 1.92. The summed E-state index contributed by atoms with van der Waals surface area (Å²) in [6.07, 6.45) is 0.867. The van der Waals surface area contributed by atoms with Crippen LogP contribution in [0.3, 0.4) is 0 Å². The summed E-state index contributed by atoms with van der Waals surface area (Å²) < 4.78 is 27.1. The topological polar surface area (TPSA) is 29.1 Å². The molecule has 5 heteroatoms. The van der Waals surface area contributed by atoms with E-state index in [-0.39, 0.29) is 10.5 Å². The summed E-state index contributed by atoms with van der Waals surface area (Å²) in [6.45, 7) is 1.97. The lowest BCUT2D eigenvalue weighted by Crippen LogP contribution is -2.28. The molecule has 1 aliphatic rings. The lowest BCUT2D eigenvalue weighted by atomic mass is 10.2. The average molecular weight is 290 g/mol. The van der Waals surface area contributed by atoms with E-state index < -0.39 is 23.1 Å². The smallest absolute Gasteiger partial charge is 0.257 e. The van der Waals surface area contributed by atoms with Crippen LogP contribution < -0.4 is 5.32 Å². The van der Waals surface area contributed by atoms with Crippen LogP contribution in [0.2, 0.25) is 0 Å². The predicted molar refractivity (Wildman–Crippen MR) is 59.1 cm³/mol. The maximum absolute atomic E-state index is 13.4. The molecule has 0 aliphatic heterocycles. The number of rotatable bonds is 2. The molecule has 1 amide bonds. The van der Waals surface area contributed by atoms with E-state index in [0.29, 0.717) is 5.92 Å².